The number of hydrogen-bond acceptors (Lipinski definition) is 7. The molecule has 0 aliphatic heterocycles. The Morgan fingerprint density at radius 3 is 2.66 bits per heavy atom. The Hall–Kier alpha value is -1.45. The van der Waals surface area contributed by atoms with Gasteiger partial charge in [0.2, 0.25) is 16.9 Å². The highest BCUT2D eigenvalue weighted by atomic mass is 32.2. The number of anilines is 1. The summed E-state index contributed by atoms with van der Waals surface area (Å²) in [4.78, 5) is 26.4. The van der Waals surface area contributed by atoms with Gasteiger partial charge in [-0.2, -0.15) is 0 Å². The predicted molar refractivity (Wildman–Crippen MR) is 119 cm³/mol. The summed E-state index contributed by atoms with van der Waals surface area (Å²) in [6, 6.07) is 4.38. The molecule has 6 nitrogen and oxygen atoms in total. The standard InChI is InChI=1S/C20H26N4O2S3/c25-16(21-14-7-2-1-3-8-14)13-28-19-24-23-18(29-19)22-17(26)20(10-4-5-11-20)15-9-6-12-27-15/h6,9,12,14H,1-5,7-8,10-11,13H2,(H,21,25)(H,22,23,26). The minimum atomic E-state index is -0.437. The van der Waals surface area contributed by atoms with Gasteiger partial charge in [0.1, 0.15) is 0 Å². The van der Waals surface area contributed by atoms with Crippen LogP contribution in [0, 0.1) is 0 Å². The van der Waals surface area contributed by atoms with Crippen LogP contribution in [0.2, 0.25) is 0 Å². The van der Waals surface area contributed by atoms with Crippen molar-refractivity contribution < 1.29 is 9.59 Å². The van der Waals surface area contributed by atoms with Crippen LogP contribution in [0.1, 0.15) is 62.7 Å². The van der Waals surface area contributed by atoms with Crippen LogP contribution >= 0.6 is 34.4 Å². The van der Waals surface area contributed by atoms with Crippen molar-refractivity contribution >= 4 is 51.4 Å². The van der Waals surface area contributed by atoms with Crippen molar-refractivity contribution in [1.29, 1.82) is 0 Å². The van der Waals surface area contributed by atoms with Gasteiger partial charge in [-0.1, -0.05) is 61.3 Å². The SMILES string of the molecule is O=C(CSc1nnc(NC(=O)C2(c3cccs3)CCCC2)s1)NC1CCCCC1. The lowest BCUT2D eigenvalue weighted by Gasteiger charge is -2.25. The second-order valence-electron chi connectivity index (χ2n) is 7.78. The van der Waals surface area contributed by atoms with E-state index in [9.17, 15) is 9.59 Å². The van der Waals surface area contributed by atoms with Crippen LogP contribution in [0.3, 0.4) is 0 Å². The van der Waals surface area contributed by atoms with Gasteiger partial charge in [0.25, 0.3) is 0 Å². The molecular formula is C20H26N4O2S3. The fourth-order valence-corrected chi connectivity index (χ4v) is 6.84. The van der Waals surface area contributed by atoms with Gasteiger partial charge in [-0.05, 0) is 37.1 Å². The Labute approximate surface area is 183 Å². The second kappa shape index (κ2) is 9.57. The lowest BCUT2D eigenvalue weighted by Crippen LogP contribution is -2.37. The number of hydrogen-bond donors (Lipinski definition) is 2. The molecule has 2 amide bonds. The first-order chi connectivity index (χ1) is 14.2. The van der Waals surface area contributed by atoms with Crippen LogP contribution in [-0.4, -0.2) is 33.8 Å². The van der Waals surface area contributed by atoms with E-state index >= 15 is 0 Å². The second-order valence-corrected chi connectivity index (χ2v) is 10.9. The molecule has 156 valence electrons. The fraction of sp³-hybridized carbons (Fsp3) is 0.600. The van der Waals surface area contributed by atoms with E-state index in [4.69, 9.17) is 0 Å². The average molecular weight is 451 g/mol. The first kappa shape index (κ1) is 20.8. The van der Waals surface area contributed by atoms with Gasteiger partial charge in [-0.3, -0.25) is 14.9 Å². The minimum Gasteiger partial charge on any atom is -0.353 e. The molecule has 2 aliphatic carbocycles. The van der Waals surface area contributed by atoms with Gasteiger partial charge in [-0.25, -0.2) is 0 Å². The Bertz CT molecular complexity index is 825. The molecule has 2 heterocycles. The smallest absolute Gasteiger partial charge is 0.237 e. The summed E-state index contributed by atoms with van der Waals surface area (Å²) in [5, 5.41) is 16.9. The van der Waals surface area contributed by atoms with E-state index in [0.29, 0.717) is 21.3 Å². The molecular weight excluding hydrogens is 424 g/mol. The number of rotatable bonds is 7. The highest BCUT2D eigenvalue weighted by Gasteiger charge is 2.43. The van der Waals surface area contributed by atoms with E-state index in [0.717, 1.165) is 43.4 Å². The number of amides is 2. The molecule has 0 atom stereocenters. The zero-order valence-corrected chi connectivity index (χ0v) is 18.8. The summed E-state index contributed by atoms with van der Waals surface area (Å²) in [6.45, 7) is 0. The highest BCUT2D eigenvalue weighted by Crippen LogP contribution is 2.44. The predicted octanol–water partition coefficient (Wildman–Crippen LogP) is 4.59. The van der Waals surface area contributed by atoms with Crippen molar-refractivity contribution in [2.75, 3.05) is 11.1 Å². The molecule has 0 unspecified atom stereocenters. The molecule has 2 saturated carbocycles. The third-order valence-electron chi connectivity index (χ3n) is 5.81. The number of thioether (sulfide) groups is 1. The Balaban J connectivity index is 1.31. The maximum Gasteiger partial charge on any atom is 0.237 e. The van der Waals surface area contributed by atoms with Crippen molar-refractivity contribution in [1.82, 2.24) is 15.5 Å². The third kappa shape index (κ3) is 5.00. The monoisotopic (exact) mass is 450 g/mol. The molecule has 0 spiro atoms. The normalized spacial score (nSPS) is 19.2. The summed E-state index contributed by atoms with van der Waals surface area (Å²) in [6.07, 6.45) is 9.72. The van der Waals surface area contributed by atoms with E-state index < -0.39 is 5.41 Å². The molecule has 2 aromatic rings. The number of carbonyl (C=O) groups is 2. The van der Waals surface area contributed by atoms with Crippen molar-refractivity contribution in [3.05, 3.63) is 22.4 Å². The maximum atomic E-state index is 13.1. The lowest BCUT2D eigenvalue weighted by molar-refractivity contribution is -0.121. The Morgan fingerprint density at radius 1 is 1.14 bits per heavy atom. The maximum absolute atomic E-state index is 13.1. The zero-order valence-electron chi connectivity index (χ0n) is 16.3. The Morgan fingerprint density at radius 2 is 1.93 bits per heavy atom. The van der Waals surface area contributed by atoms with E-state index in [1.54, 1.807) is 11.3 Å². The van der Waals surface area contributed by atoms with Crippen LogP contribution in [0.4, 0.5) is 5.13 Å². The summed E-state index contributed by atoms with van der Waals surface area (Å²) >= 11 is 4.36. The van der Waals surface area contributed by atoms with E-state index in [1.165, 1.54) is 42.4 Å². The Kier molecular flexibility index (Phi) is 6.87. The van der Waals surface area contributed by atoms with Crippen molar-refractivity contribution in [3.63, 3.8) is 0 Å². The van der Waals surface area contributed by atoms with Crippen LogP contribution in [0.15, 0.2) is 21.9 Å². The van der Waals surface area contributed by atoms with Gasteiger partial charge in [0, 0.05) is 10.9 Å². The molecule has 0 saturated heterocycles. The van der Waals surface area contributed by atoms with Crippen LogP contribution in [-0.2, 0) is 15.0 Å². The van der Waals surface area contributed by atoms with Crippen molar-refractivity contribution in [2.24, 2.45) is 0 Å². The topological polar surface area (TPSA) is 84.0 Å². The van der Waals surface area contributed by atoms with Crippen LogP contribution in [0.5, 0.6) is 0 Å². The number of aromatic nitrogens is 2. The molecule has 0 radical (unpaired) electrons. The van der Waals surface area contributed by atoms with E-state index in [2.05, 4.69) is 26.9 Å². The summed E-state index contributed by atoms with van der Waals surface area (Å²) < 4.78 is 0.704. The van der Waals surface area contributed by atoms with Gasteiger partial charge >= 0.3 is 0 Å². The summed E-state index contributed by atoms with van der Waals surface area (Å²) in [7, 11) is 0. The van der Waals surface area contributed by atoms with Gasteiger partial charge in [-0.15, -0.1) is 21.5 Å². The number of carbonyl (C=O) groups excluding carboxylic acids is 2. The molecule has 2 aliphatic rings. The fourth-order valence-electron chi connectivity index (χ4n) is 4.29. The molecule has 29 heavy (non-hydrogen) atoms. The first-order valence-electron chi connectivity index (χ1n) is 10.3. The molecule has 9 heteroatoms. The number of thiophene rings is 1. The van der Waals surface area contributed by atoms with Gasteiger partial charge in [0.05, 0.1) is 11.2 Å². The molecule has 4 rings (SSSR count). The third-order valence-corrected chi connectivity index (χ3v) is 8.85. The largest absolute Gasteiger partial charge is 0.353 e. The quantitative estimate of drug-likeness (QED) is 0.476. The van der Waals surface area contributed by atoms with E-state index in [-0.39, 0.29) is 11.8 Å². The highest BCUT2D eigenvalue weighted by molar-refractivity contribution is 8.01. The minimum absolute atomic E-state index is 0.0141. The number of nitrogens with one attached hydrogen (secondary N) is 2. The van der Waals surface area contributed by atoms with Crippen LogP contribution < -0.4 is 10.6 Å². The number of nitrogens with zero attached hydrogens (tertiary/aromatic N) is 2. The van der Waals surface area contributed by atoms with Gasteiger partial charge in [0.15, 0.2) is 4.34 Å². The van der Waals surface area contributed by atoms with Gasteiger partial charge < -0.3 is 5.32 Å². The lowest BCUT2D eigenvalue weighted by atomic mass is 9.83. The molecule has 2 N–H and O–H groups in total. The summed E-state index contributed by atoms with van der Waals surface area (Å²) in [5.41, 5.74) is -0.437. The van der Waals surface area contributed by atoms with Crippen molar-refractivity contribution in [2.45, 2.75) is 73.6 Å². The molecule has 2 fully saturated rings. The molecule has 0 aromatic carbocycles. The first-order valence-corrected chi connectivity index (χ1v) is 12.9. The van der Waals surface area contributed by atoms with Crippen molar-refractivity contribution in [3.8, 4) is 0 Å². The van der Waals surface area contributed by atoms with Crippen LogP contribution in [0.25, 0.3) is 0 Å². The zero-order chi connectivity index (χ0) is 20.1. The van der Waals surface area contributed by atoms with E-state index in [1.807, 2.05) is 11.4 Å². The molecule has 0 bridgehead atoms. The average Bonchev–Trinajstić information content (AvgIpc) is 3.48. The molecule has 2 aromatic heterocycles. The summed E-state index contributed by atoms with van der Waals surface area (Å²) in [5.74, 6) is 0.392.